The van der Waals surface area contributed by atoms with E-state index in [1.54, 1.807) is 18.3 Å². The molecule has 6 nitrogen and oxygen atoms in total. The van der Waals surface area contributed by atoms with Crippen LogP contribution in [0.25, 0.3) is 34.2 Å². The zero-order valence-corrected chi connectivity index (χ0v) is 17.3. The number of hydrogen-bond acceptors (Lipinski definition) is 6. The average molecular weight is 429 g/mol. The number of nitrogens with zero attached hydrogens (tertiary/aromatic N) is 5. The molecule has 3 aromatic heterocycles. The molecule has 5 rings (SSSR count). The lowest BCUT2D eigenvalue weighted by molar-refractivity contribution is 0.568. The van der Waals surface area contributed by atoms with E-state index in [0.717, 1.165) is 38.3 Å². The Labute approximate surface area is 181 Å². The molecule has 0 saturated carbocycles. The maximum absolute atomic E-state index is 13.4. The molecule has 152 valence electrons. The summed E-state index contributed by atoms with van der Waals surface area (Å²) < 4.78 is 20.7. The van der Waals surface area contributed by atoms with E-state index in [1.165, 1.54) is 30.3 Å². The molecule has 0 aliphatic heterocycles. The number of aromatic nitrogens is 5. The lowest BCUT2D eigenvalue weighted by Crippen LogP contribution is -1.96. The van der Waals surface area contributed by atoms with Crippen molar-refractivity contribution in [3.8, 4) is 34.2 Å². The van der Waals surface area contributed by atoms with Gasteiger partial charge in [-0.1, -0.05) is 30.0 Å². The minimum atomic E-state index is -0.264. The molecule has 0 radical (unpaired) electrons. The van der Waals surface area contributed by atoms with Crippen LogP contribution >= 0.6 is 11.8 Å². The third-order valence-electron chi connectivity index (χ3n) is 4.73. The lowest BCUT2D eigenvalue weighted by Gasteiger charge is -2.08. The predicted octanol–water partition coefficient (Wildman–Crippen LogP) is 5.49. The molecule has 0 aliphatic rings. The van der Waals surface area contributed by atoms with Gasteiger partial charge in [0.2, 0.25) is 12.3 Å². The first kappa shape index (κ1) is 19.2. The third kappa shape index (κ3) is 3.85. The summed E-state index contributed by atoms with van der Waals surface area (Å²) in [4.78, 5) is 10.3. The van der Waals surface area contributed by atoms with Crippen molar-refractivity contribution in [2.75, 3.05) is 0 Å². The first-order valence-electron chi connectivity index (χ1n) is 9.47. The normalized spacial score (nSPS) is 11.0. The molecule has 5 aromatic rings. The first-order valence-corrected chi connectivity index (χ1v) is 10.3. The minimum absolute atomic E-state index is 0.264. The highest BCUT2D eigenvalue weighted by Crippen LogP contribution is 2.38. The number of halogens is 1. The molecule has 0 saturated heterocycles. The second-order valence-corrected chi connectivity index (χ2v) is 7.80. The fourth-order valence-electron chi connectivity index (χ4n) is 3.20. The van der Waals surface area contributed by atoms with Crippen LogP contribution in [0.3, 0.4) is 0 Å². The van der Waals surface area contributed by atoms with E-state index in [2.05, 4.69) is 15.2 Å². The van der Waals surface area contributed by atoms with Crippen LogP contribution < -0.4 is 0 Å². The molecule has 31 heavy (non-hydrogen) atoms. The van der Waals surface area contributed by atoms with Gasteiger partial charge in [0.05, 0.1) is 0 Å². The van der Waals surface area contributed by atoms with Crippen LogP contribution in [-0.2, 0) is 7.05 Å². The quantitative estimate of drug-likeness (QED) is 0.368. The van der Waals surface area contributed by atoms with Crippen molar-refractivity contribution in [1.82, 2.24) is 24.7 Å². The lowest BCUT2D eigenvalue weighted by atomic mass is 10.1. The Balaban J connectivity index is 1.60. The van der Waals surface area contributed by atoms with Crippen molar-refractivity contribution in [3.63, 3.8) is 0 Å². The van der Waals surface area contributed by atoms with E-state index in [0.29, 0.717) is 5.89 Å². The van der Waals surface area contributed by atoms with Gasteiger partial charge in [-0.05, 0) is 48.5 Å². The maximum Gasteiger partial charge on any atom is 0.247 e. The zero-order valence-electron chi connectivity index (χ0n) is 16.4. The Morgan fingerprint density at radius 2 is 1.71 bits per heavy atom. The molecular formula is C23H16FN5OS. The van der Waals surface area contributed by atoms with Gasteiger partial charge in [0.15, 0.2) is 5.82 Å². The Morgan fingerprint density at radius 1 is 0.935 bits per heavy atom. The van der Waals surface area contributed by atoms with E-state index in [4.69, 9.17) is 9.40 Å². The van der Waals surface area contributed by atoms with Gasteiger partial charge in [-0.25, -0.2) is 9.37 Å². The van der Waals surface area contributed by atoms with E-state index < -0.39 is 0 Å². The SMILES string of the molecule is Cn1c(-c2ccccn2)nc(-c2ccc(-c3nnco3)cc2)c1Sc1ccc(F)cc1. The van der Waals surface area contributed by atoms with Crippen molar-refractivity contribution in [3.05, 3.63) is 85.1 Å². The first-order chi connectivity index (χ1) is 15.2. The molecule has 0 N–H and O–H groups in total. The summed E-state index contributed by atoms with van der Waals surface area (Å²) in [5, 5.41) is 8.60. The van der Waals surface area contributed by atoms with E-state index in [1.807, 2.05) is 54.1 Å². The summed E-state index contributed by atoms with van der Waals surface area (Å²) in [6.45, 7) is 0. The molecule has 0 spiro atoms. The topological polar surface area (TPSA) is 69.6 Å². The van der Waals surface area contributed by atoms with Crippen molar-refractivity contribution in [1.29, 1.82) is 0 Å². The largest absolute Gasteiger partial charge is 0.423 e. The van der Waals surface area contributed by atoms with E-state index in [9.17, 15) is 4.39 Å². The van der Waals surface area contributed by atoms with E-state index >= 15 is 0 Å². The summed E-state index contributed by atoms with van der Waals surface area (Å²) in [5.41, 5.74) is 3.36. The number of imidazole rings is 1. The van der Waals surface area contributed by atoms with Crippen LogP contribution in [0.15, 0.2) is 93.7 Å². The van der Waals surface area contributed by atoms with Crippen LogP contribution in [0.2, 0.25) is 0 Å². The Morgan fingerprint density at radius 3 is 2.39 bits per heavy atom. The van der Waals surface area contributed by atoms with Gasteiger partial charge < -0.3 is 8.98 Å². The summed E-state index contributed by atoms with van der Waals surface area (Å²) >= 11 is 1.53. The van der Waals surface area contributed by atoms with Crippen LogP contribution in [0.1, 0.15) is 0 Å². The smallest absolute Gasteiger partial charge is 0.247 e. The van der Waals surface area contributed by atoms with Crippen molar-refractivity contribution < 1.29 is 8.81 Å². The second kappa shape index (κ2) is 8.16. The van der Waals surface area contributed by atoms with Crippen LogP contribution in [0.5, 0.6) is 0 Å². The molecule has 0 bridgehead atoms. The van der Waals surface area contributed by atoms with Gasteiger partial charge in [0.25, 0.3) is 0 Å². The zero-order chi connectivity index (χ0) is 21.2. The van der Waals surface area contributed by atoms with Crippen molar-refractivity contribution in [2.24, 2.45) is 7.05 Å². The highest BCUT2D eigenvalue weighted by atomic mass is 32.2. The molecule has 0 fully saturated rings. The molecule has 0 amide bonds. The van der Waals surface area contributed by atoms with Crippen molar-refractivity contribution in [2.45, 2.75) is 9.92 Å². The monoisotopic (exact) mass is 429 g/mol. The van der Waals surface area contributed by atoms with Gasteiger partial charge in [-0.15, -0.1) is 10.2 Å². The summed E-state index contributed by atoms with van der Waals surface area (Å²) in [6.07, 6.45) is 3.05. The van der Waals surface area contributed by atoms with Crippen LogP contribution in [-0.4, -0.2) is 24.7 Å². The molecule has 8 heteroatoms. The van der Waals surface area contributed by atoms with Gasteiger partial charge in [0.1, 0.15) is 22.2 Å². The van der Waals surface area contributed by atoms with Gasteiger partial charge in [-0.2, -0.15) is 0 Å². The Hall–Kier alpha value is -3.78. The van der Waals surface area contributed by atoms with Crippen molar-refractivity contribution >= 4 is 11.8 Å². The molecular weight excluding hydrogens is 413 g/mol. The van der Waals surface area contributed by atoms with Crippen LogP contribution in [0, 0.1) is 5.82 Å². The van der Waals surface area contributed by atoms with Gasteiger partial charge in [-0.3, -0.25) is 4.98 Å². The summed E-state index contributed by atoms with van der Waals surface area (Å²) in [6, 6.07) is 19.9. The highest BCUT2D eigenvalue weighted by molar-refractivity contribution is 7.99. The van der Waals surface area contributed by atoms with Crippen LogP contribution in [0.4, 0.5) is 4.39 Å². The Bertz CT molecular complexity index is 1300. The standard InChI is InChI=1S/C23H16FN5OS/c1-29-21(19-4-2-3-13-25-19)27-20(23(29)31-18-11-9-17(24)10-12-18)15-5-7-16(8-6-15)22-28-26-14-30-22/h2-14H,1H3. The minimum Gasteiger partial charge on any atom is -0.423 e. The maximum atomic E-state index is 13.4. The van der Waals surface area contributed by atoms with Gasteiger partial charge >= 0.3 is 0 Å². The average Bonchev–Trinajstić information content (AvgIpc) is 3.45. The third-order valence-corrected chi connectivity index (χ3v) is 5.90. The number of rotatable bonds is 5. The Kier molecular flexibility index (Phi) is 5.05. The highest BCUT2D eigenvalue weighted by Gasteiger charge is 2.19. The molecule has 0 unspecified atom stereocenters. The molecule has 2 aromatic carbocycles. The van der Waals surface area contributed by atoms with E-state index in [-0.39, 0.29) is 5.82 Å². The van der Waals surface area contributed by atoms with Gasteiger partial charge in [0, 0.05) is 29.3 Å². The fraction of sp³-hybridized carbons (Fsp3) is 0.0435. The molecule has 3 heterocycles. The summed E-state index contributed by atoms with van der Waals surface area (Å²) in [5.74, 6) is 0.948. The number of hydrogen-bond donors (Lipinski definition) is 0. The predicted molar refractivity (Wildman–Crippen MR) is 116 cm³/mol. The molecule has 0 atom stereocenters. The fourth-order valence-corrected chi connectivity index (χ4v) is 4.18. The molecule has 0 aliphatic carbocycles. The number of benzene rings is 2. The number of pyridine rings is 1. The summed E-state index contributed by atoms with van der Waals surface area (Å²) in [7, 11) is 1.96. The second-order valence-electron chi connectivity index (χ2n) is 6.74.